The fourth-order valence-electron chi connectivity index (χ4n) is 2.68. The highest BCUT2D eigenvalue weighted by Gasteiger charge is 2.37. The van der Waals surface area contributed by atoms with Gasteiger partial charge in [0, 0.05) is 24.8 Å². The van der Waals surface area contributed by atoms with Crippen LogP contribution in [-0.2, 0) is 10.7 Å². The van der Waals surface area contributed by atoms with Gasteiger partial charge in [-0.05, 0) is 62.2 Å². The maximum absolute atomic E-state index is 14.1. The first-order chi connectivity index (χ1) is 13.0. The third-order valence-electron chi connectivity index (χ3n) is 3.78. The van der Waals surface area contributed by atoms with Gasteiger partial charge in [-0.3, -0.25) is 9.59 Å². The molecule has 1 aromatic heterocycles. The molecule has 0 saturated carbocycles. The molecule has 0 spiro atoms. The topological polar surface area (TPSA) is 56.5 Å². The summed E-state index contributed by atoms with van der Waals surface area (Å²) in [7, 11) is 0. The van der Waals surface area contributed by atoms with E-state index in [-0.39, 0.29) is 31.2 Å². The van der Waals surface area contributed by atoms with Gasteiger partial charge in [0.1, 0.15) is 11.4 Å². The Morgan fingerprint density at radius 2 is 1.71 bits per heavy atom. The molecular weight excluding hydrogens is 509 g/mol. The van der Waals surface area contributed by atoms with Gasteiger partial charge in [-0.1, -0.05) is 0 Å². The second-order valence-corrected chi connectivity index (χ2v) is 7.74. The average Bonchev–Trinajstić information content (AvgIpc) is 2.96. The van der Waals surface area contributed by atoms with Crippen LogP contribution in [0.15, 0.2) is 43.7 Å². The van der Waals surface area contributed by atoms with Crippen molar-refractivity contribution >= 4 is 54.6 Å². The normalized spacial score (nSPS) is 11.7. The SMILES string of the molecule is CC(=O)Oc1c(Br)cc(C(=O)c2c(C(C)(F)F)oc3ccc(F)cc23)cc1Br. The Balaban J connectivity index is 2.21. The number of carbonyl (C=O) groups is 2. The number of alkyl halides is 2. The Labute approximate surface area is 173 Å². The first-order valence-corrected chi connectivity index (χ1v) is 9.40. The van der Waals surface area contributed by atoms with Crippen molar-refractivity contribution in [1.29, 1.82) is 0 Å². The van der Waals surface area contributed by atoms with Crippen LogP contribution in [0.2, 0.25) is 0 Å². The number of furan rings is 1. The molecular formula is C19H11Br2F3O4. The quantitative estimate of drug-likeness (QED) is 0.228. The minimum absolute atomic E-state index is 0.00659. The van der Waals surface area contributed by atoms with Crippen molar-refractivity contribution < 1.29 is 31.9 Å². The molecule has 1 heterocycles. The summed E-state index contributed by atoms with van der Waals surface area (Å²) in [6.45, 7) is 1.80. The van der Waals surface area contributed by atoms with Crippen LogP contribution in [0.4, 0.5) is 13.2 Å². The zero-order valence-corrected chi connectivity index (χ0v) is 17.6. The molecule has 0 atom stereocenters. The molecule has 146 valence electrons. The summed E-state index contributed by atoms with van der Waals surface area (Å²) in [6.07, 6.45) is 0. The van der Waals surface area contributed by atoms with Gasteiger partial charge >= 0.3 is 11.9 Å². The number of carbonyl (C=O) groups excluding carboxylic acids is 2. The molecule has 0 amide bonds. The highest BCUT2D eigenvalue weighted by Crippen LogP contribution is 2.40. The molecule has 0 fully saturated rings. The number of ether oxygens (including phenoxy) is 1. The third-order valence-corrected chi connectivity index (χ3v) is 4.96. The van der Waals surface area contributed by atoms with E-state index in [2.05, 4.69) is 31.9 Å². The van der Waals surface area contributed by atoms with Gasteiger partial charge in [-0.25, -0.2) is 4.39 Å². The molecule has 2 aromatic carbocycles. The number of halogens is 5. The van der Waals surface area contributed by atoms with E-state index in [1.54, 1.807) is 0 Å². The van der Waals surface area contributed by atoms with Crippen molar-refractivity contribution in [2.45, 2.75) is 19.8 Å². The molecule has 9 heteroatoms. The summed E-state index contributed by atoms with van der Waals surface area (Å²) in [5.74, 6) is -6.25. The van der Waals surface area contributed by atoms with E-state index < -0.39 is 34.8 Å². The minimum Gasteiger partial charge on any atom is -0.454 e. The molecule has 0 bridgehead atoms. The maximum Gasteiger partial charge on any atom is 0.308 e. The fraction of sp³-hybridized carbons (Fsp3) is 0.158. The number of ketones is 1. The van der Waals surface area contributed by atoms with Crippen molar-refractivity contribution in [3.8, 4) is 5.75 Å². The number of hydrogen-bond donors (Lipinski definition) is 0. The third kappa shape index (κ3) is 3.86. The smallest absolute Gasteiger partial charge is 0.308 e. The van der Waals surface area contributed by atoms with Crippen LogP contribution in [0.3, 0.4) is 0 Å². The maximum atomic E-state index is 14.1. The summed E-state index contributed by atoms with van der Waals surface area (Å²) in [5.41, 5.74) is -0.455. The lowest BCUT2D eigenvalue weighted by Crippen LogP contribution is -2.13. The average molecular weight is 520 g/mol. The van der Waals surface area contributed by atoms with Crippen molar-refractivity contribution in [1.82, 2.24) is 0 Å². The van der Waals surface area contributed by atoms with Crippen LogP contribution in [0, 0.1) is 5.82 Å². The van der Waals surface area contributed by atoms with E-state index in [1.165, 1.54) is 25.1 Å². The van der Waals surface area contributed by atoms with E-state index in [9.17, 15) is 22.8 Å². The molecule has 0 aliphatic heterocycles. The highest BCUT2D eigenvalue weighted by atomic mass is 79.9. The van der Waals surface area contributed by atoms with Crippen molar-refractivity contribution in [2.24, 2.45) is 0 Å². The lowest BCUT2D eigenvalue weighted by molar-refractivity contribution is -0.131. The number of hydrogen-bond acceptors (Lipinski definition) is 4. The van der Waals surface area contributed by atoms with Crippen LogP contribution in [0.1, 0.15) is 35.5 Å². The van der Waals surface area contributed by atoms with Crippen molar-refractivity contribution in [3.63, 3.8) is 0 Å². The van der Waals surface area contributed by atoms with Crippen LogP contribution < -0.4 is 4.74 Å². The summed E-state index contributed by atoms with van der Waals surface area (Å²) in [6, 6.07) is 5.85. The lowest BCUT2D eigenvalue weighted by atomic mass is 9.98. The Morgan fingerprint density at radius 1 is 1.11 bits per heavy atom. The highest BCUT2D eigenvalue weighted by molar-refractivity contribution is 9.11. The molecule has 3 aromatic rings. The lowest BCUT2D eigenvalue weighted by Gasteiger charge is -2.11. The first kappa shape index (κ1) is 20.6. The Hall–Kier alpha value is -2.13. The fourth-order valence-corrected chi connectivity index (χ4v) is 4.03. The Bertz CT molecular complexity index is 1090. The summed E-state index contributed by atoms with van der Waals surface area (Å²) in [4.78, 5) is 24.3. The van der Waals surface area contributed by atoms with Gasteiger partial charge in [0.15, 0.2) is 17.3 Å². The molecule has 0 saturated heterocycles. The van der Waals surface area contributed by atoms with Gasteiger partial charge in [0.05, 0.1) is 14.5 Å². The van der Waals surface area contributed by atoms with E-state index in [4.69, 9.17) is 9.15 Å². The Kier molecular flexibility index (Phi) is 5.42. The zero-order valence-electron chi connectivity index (χ0n) is 14.4. The number of rotatable bonds is 4. The minimum atomic E-state index is -3.47. The number of esters is 1. The molecule has 28 heavy (non-hydrogen) atoms. The molecule has 0 radical (unpaired) electrons. The van der Waals surface area contributed by atoms with Gasteiger partial charge in [0.25, 0.3) is 0 Å². The molecule has 4 nitrogen and oxygen atoms in total. The van der Waals surface area contributed by atoms with Gasteiger partial charge in [-0.15, -0.1) is 0 Å². The monoisotopic (exact) mass is 518 g/mol. The zero-order chi connectivity index (χ0) is 20.8. The van der Waals surface area contributed by atoms with Crippen LogP contribution in [0.5, 0.6) is 5.75 Å². The molecule has 0 N–H and O–H groups in total. The summed E-state index contributed by atoms with van der Waals surface area (Å²) < 4.78 is 52.6. The van der Waals surface area contributed by atoms with Crippen LogP contribution >= 0.6 is 31.9 Å². The largest absolute Gasteiger partial charge is 0.454 e. The molecule has 0 aliphatic carbocycles. The second-order valence-electron chi connectivity index (χ2n) is 6.03. The standard InChI is InChI=1S/C19H11Br2F3O4/c1-8(25)27-17-12(20)5-9(6-13(17)21)16(26)15-11-7-10(22)3-4-14(11)28-18(15)19(2,23)24/h3-7H,1-2H3. The van der Waals surface area contributed by atoms with E-state index in [0.717, 1.165) is 12.1 Å². The molecule has 3 rings (SSSR count). The second kappa shape index (κ2) is 7.36. The van der Waals surface area contributed by atoms with E-state index in [0.29, 0.717) is 6.92 Å². The summed E-state index contributed by atoms with van der Waals surface area (Å²) in [5, 5.41) is -0.0576. The van der Waals surface area contributed by atoms with Gasteiger partial charge < -0.3 is 9.15 Å². The van der Waals surface area contributed by atoms with Gasteiger partial charge in [0.2, 0.25) is 0 Å². The molecule has 0 unspecified atom stereocenters. The van der Waals surface area contributed by atoms with Gasteiger partial charge in [-0.2, -0.15) is 8.78 Å². The van der Waals surface area contributed by atoms with E-state index in [1.807, 2.05) is 0 Å². The Morgan fingerprint density at radius 3 is 2.25 bits per heavy atom. The predicted octanol–water partition coefficient (Wildman–Crippen LogP) is 6.36. The van der Waals surface area contributed by atoms with Crippen molar-refractivity contribution in [2.75, 3.05) is 0 Å². The van der Waals surface area contributed by atoms with Crippen LogP contribution in [0.25, 0.3) is 11.0 Å². The number of fused-ring (bicyclic) bond motifs is 1. The summed E-state index contributed by atoms with van der Waals surface area (Å²) >= 11 is 6.37. The predicted molar refractivity (Wildman–Crippen MR) is 102 cm³/mol. The first-order valence-electron chi connectivity index (χ1n) is 7.81. The molecule has 0 aliphatic rings. The van der Waals surface area contributed by atoms with E-state index >= 15 is 0 Å². The van der Waals surface area contributed by atoms with Crippen LogP contribution in [-0.4, -0.2) is 11.8 Å². The number of benzene rings is 2. The van der Waals surface area contributed by atoms with Crippen molar-refractivity contribution in [3.05, 3.63) is 62.0 Å².